The zero-order chi connectivity index (χ0) is 13.8. The van der Waals surface area contributed by atoms with E-state index in [1.807, 2.05) is 0 Å². The summed E-state index contributed by atoms with van der Waals surface area (Å²) in [4.78, 5) is 11.6. The van der Waals surface area contributed by atoms with Gasteiger partial charge in [0.2, 0.25) is 0 Å². The van der Waals surface area contributed by atoms with Gasteiger partial charge < -0.3 is 10.5 Å². The number of sulfone groups is 1. The zero-order valence-electron chi connectivity index (χ0n) is 10.8. The Morgan fingerprint density at radius 1 is 1.56 bits per heavy atom. The van der Waals surface area contributed by atoms with Gasteiger partial charge in [0.05, 0.1) is 12.9 Å². The summed E-state index contributed by atoms with van der Waals surface area (Å²) < 4.78 is 26.8. The summed E-state index contributed by atoms with van der Waals surface area (Å²) in [6.07, 6.45) is 4.29. The van der Waals surface area contributed by atoms with Gasteiger partial charge in [-0.05, 0) is 25.7 Å². The molecule has 2 atom stereocenters. The van der Waals surface area contributed by atoms with E-state index in [0.29, 0.717) is 18.6 Å². The van der Waals surface area contributed by atoms with Crippen LogP contribution in [0.4, 0.5) is 0 Å². The van der Waals surface area contributed by atoms with Crippen LogP contribution in [0, 0.1) is 0 Å². The van der Waals surface area contributed by atoms with E-state index < -0.39 is 15.4 Å². The van der Waals surface area contributed by atoms with Gasteiger partial charge in [-0.15, -0.1) is 0 Å². The van der Waals surface area contributed by atoms with Crippen molar-refractivity contribution in [2.45, 2.75) is 36.5 Å². The van der Waals surface area contributed by atoms with Crippen LogP contribution in [0.2, 0.25) is 0 Å². The van der Waals surface area contributed by atoms with Crippen molar-refractivity contribution in [2.24, 2.45) is 5.73 Å². The molecule has 0 saturated heterocycles. The molecule has 2 N–H and O–H groups in total. The van der Waals surface area contributed by atoms with Crippen molar-refractivity contribution in [3.05, 3.63) is 0 Å². The maximum absolute atomic E-state index is 11.6. The molecular weight excluding hydrogens is 274 g/mol. The second-order valence-corrected chi connectivity index (χ2v) is 8.53. The van der Waals surface area contributed by atoms with Crippen molar-refractivity contribution in [3.8, 4) is 0 Å². The largest absolute Gasteiger partial charge is 0.468 e. The highest BCUT2D eigenvalue weighted by Gasteiger charge is 2.40. The van der Waals surface area contributed by atoms with Crippen molar-refractivity contribution in [3.63, 3.8) is 0 Å². The Morgan fingerprint density at radius 3 is 2.78 bits per heavy atom. The minimum atomic E-state index is -2.92. The van der Waals surface area contributed by atoms with Crippen LogP contribution >= 0.6 is 11.8 Å². The summed E-state index contributed by atoms with van der Waals surface area (Å²) in [5.41, 5.74) is 5.16. The lowest BCUT2D eigenvalue weighted by atomic mass is 9.82. The van der Waals surface area contributed by atoms with Crippen LogP contribution in [0.25, 0.3) is 0 Å². The van der Waals surface area contributed by atoms with Gasteiger partial charge in [0, 0.05) is 17.3 Å². The van der Waals surface area contributed by atoms with E-state index in [1.165, 1.54) is 13.4 Å². The van der Waals surface area contributed by atoms with Crippen molar-refractivity contribution in [1.82, 2.24) is 0 Å². The lowest BCUT2D eigenvalue weighted by Crippen LogP contribution is -2.52. The lowest BCUT2D eigenvalue weighted by molar-refractivity contribution is -0.148. The molecule has 0 aromatic carbocycles. The number of ether oxygens (including phenoxy) is 1. The molecule has 0 bridgehead atoms. The summed E-state index contributed by atoms with van der Waals surface area (Å²) >= 11 is 1.59. The highest BCUT2D eigenvalue weighted by atomic mass is 32.2. The Kier molecular flexibility index (Phi) is 5.48. The number of hydrogen-bond donors (Lipinski definition) is 1. The molecule has 0 radical (unpaired) electrons. The fraction of sp³-hybridized carbons (Fsp3) is 0.909. The summed E-state index contributed by atoms with van der Waals surface area (Å²) in [5.74, 6) is 0.362. The van der Waals surface area contributed by atoms with E-state index in [2.05, 4.69) is 0 Å². The first-order chi connectivity index (χ1) is 8.27. The lowest BCUT2D eigenvalue weighted by Gasteiger charge is -2.35. The Balaban J connectivity index is 2.47. The SMILES string of the molecule is COC(=O)C1(N)CCCC(SCCS(C)(=O)=O)C1. The maximum atomic E-state index is 11.6. The van der Waals surface area contributed by atoms with Gasteiger partial charge in [-0.2, -0.15) is 11.8 Å². The van der Waals surface area contributed by atoms with Crippen LogP contribution in [0.3, 0.4) is 0 Å². The molecule has 7 heteroatoms. The molecule has 0 aromatic heterocycles. The van der Waals surface area contributed by atoms with Crippen molar-refractivity contribution in [1.29, 1.82) is 0 Å². The Hall–Kier alpha value is -0.270. The van der Waals surface area contributed by atoms with Gasteiger partial charge in [-0.25, -0.2) is 8.42 Å². The van der Waals surface area contributed by atoms with Crippen LogP contribution in [0.15, 0.2) is 0 Å². The molecule has 0 spiro atoms. The second kappa shape index (κ2) is 6.25. The third kappa shape index (κ3) is 4.78. The standard InChI is InChI=1S/C11H21NO4S2/c1-16-10(13)11(12)5-3-4-9(8-11)17-6-7-18(2,14)15/h9H,3-8,12H2,1-2H3. The number of carbonyl (C=O) groups is 1. The molecular formula is C11H21NO4S2. The predicted molar refractivity (Wildman–Crippen MR) is 73.4 cm³/mol. The maximum Gasteiger partial charge on any atom is 0.325 e. The molecule has 1 saturated carbocycles. The van der Waals surface area contributed by atoms with Crippen molar-refractivity contribution in [2.75, 3.05) is 24.9 Å². The van der Waals surface area contributed by atoms with E-state index in [-0.39, 0.29) is 17.0 Å². The van der Waals surface area contributed by atoms with Gasteiger partial charge >= 0.3 is 5.97 Å². The van der Waals surface area contributed by atoms with E-state index in [4.69, 9.17) is 10.5 Å². The van der Waals surface area contributed by atoms with Gasteiger partial charge in [-0.3, -0.25) is 4.79 Å². The van der Waals surface area contributed by atoms with E-state index in [9.17, 15) is 13.2 Å². The predicted octanol–water partition coefficient (Wildman–Crippen LogP) is 0.577. The molecule has 0 aliphatic heterocycles. The third-order valence-electron chi connectivity index (χ3n) is 3.14. The molecule has 1 aliphatic rings. The highest BCUT2D eigenvalue weighted by Crippen LogP contribution is 2.34. The molecule has 2 unspecified atom stereocenters. The number of thioether (sulfide) groups is 1. The van der Waals surface area contributed by atoms with Gasteiger partial charge in [0.1, 0.15) is 15.4 Å². The van der Waals surface area contributed by atoms with Crippen molar-refractivity contribution >= 4 is 27.6 Å². The zero-order valence-corrected chi connectivity index (χ0v) is 12.5. The van der Waals surface area contributed by atoms with Gasteiger partial charge in [-0.1, -0.05) is 0 Å². The fourth-order valence-corrected chi connectivity index (χ4v) is 4.83. The Bertz CT molecular complexity index is 396. The number of hydrogen-bond acceptors (Lipinski definition) is 6. The Labute approximate surface area is 113 Å². The minimum Gasteiger partial charge on any atom is -0.468 e. The molecule has 18 heavy (non-hydrogen) atoms. The van der Waals surface area contributed by atoms with Crippen molar-refractivity contribution < 1.29 is 17.9 Å². The first-order valence-corrected chi connectivity index (χ1v) is 9.04. The quantitative estimate of drug-likeness (QED) is 0.747. The molecule has 0 amide bonds. The second-order valence-electron chi connectivity index (χ2n) is 4.87. The normalized spacial score (nSPS) is 28.9. The van der Waals surface area contributed by atoms with Crippen LogP contribution < -0.4 is 5.73 Å². The number of rotatable bonds is 5. The smallest absolute Gasteiger partial charge is 0.325 e. The molecule has 0 heterocycles. The molecule has 5 nitrogen and oxygen atoms in total. The first kappa shape index (κ1) is 15.8. The monoisotopic (exact) mass is 295 g/mol. The van der Waals surface area contributed by atoms with E-state index in [0.717, 1.165) is 12.8 Å². The molecule has 1 aliphatic carbocycles. The Morgan fingerprint density at radius 2 is 2.22 bits per heavy atom. The summed E-state index contributed by atoms with van der Waals surface area (Å²) in [6, 6.07) is 0. The molecule has 1 rings (SSSR count). The average molecular weight is 295 g/mol. The van der Waals surface area contributed by atoms with Crippen LogP contribution in [-0.4, -0.2) is 50.0 Å². The number of nitrogens with two attached hydrogens (primary N) is 1. The first-order valence-electron chi connectivity index (χ1n) is 5.93. The molecule has 0 aromatic rings. The van der Waals surface area contributed by atoms with Crippen LogP contribution in [0.5, 0.6) is 0 Å². The average Bonchev–Trinajstić information content (AvgIpc) is 2.26. The summed E-state index contributed by atoms with van der Waals surface area (Å²) in [7, 11) is -1.57. The molecule has 106 valence electrons. The van der Waals surface area contributed by atoms with Crippen LogP contribution in [-0.2, 0) is 19.4 Å². The third-order valence-corrected chi connectivity index (χ3v) is 5.66. The topological polar surface area (TPSA) is 86.5 Å². The van der Waals surface area contributed by atoms with Gasteiger partial charge in [0.15, 0.2) is 0 Å². The summed E-state index contributed by atoms with van der Waals surface area (Å²) in [5, 5.41) is 0.240. The fourth-order valence-electron chi connectivity index (χ4n) is 2.15. The molecule has 1 fully saturated rings. The minimum absolute atomic E-state index is 0.171. The number of carbonyl (C=O) groups excluding carboxylic acids is 1. The summed E-state index contributed by atoms with van der Waals surface area (Å²) in [6.45, 7) is 0. The number of methoxy groups -OCH3 is 1. The van der Waals surface area contributed by atoms with E-state index >= 15 is 0 Å². The highest BCUT2D eigenvalue weighted by molar-refractivity contribution is 8.01. The van der Waals surface area contributed by atoms with Crippen LogP contribution in [0.1, 0.15) is 25.7 Å². The number of esters is 1. The van der Waals surface area contributed by atoms with E-state index in [1.54, 1.807) is 11.8 Å². The van der Waals surface area contributed by atoms with Gasteiger partial charge in [0.25, 0.3) is 0 Å².